The maximum atomic E-state index is 4.85. The van der Waals surface area contributed by atoms with E-state index in [0.717, 1.165) is 44.1 Å². The highest BCUT2D eigenvalue weighted by molar-refractivity contribution is 5.31. The molecule has 1 saturated carbocycles. The first-order chi connectivity index (χ1) is 8.38. The normalized spacial score (nSPS) is 19.8. The molecular formula is C14H21N3. The Morgan fingerprint density at radius 2 is 2.18 bits per heavy atom. The minimum absolute atomic E-state index is 0.724. The Hall–Kier alpha value is -0.960. The molecule has 0 spiro atoms. The van der Waals surface area contributed by atoms with Crippen molar-refractivity contribution in [3.63, 3.8) is 0 Å². The van der Waals surface area contributed by atoms with Crippen molar-refractivity contribution in [2.24, 2.45) is 0 Å². The minimum atomic E-state index is 0.724. The van der Waals surface area contributed by atoms with Gasteiger partial charge in [0.1, 0.15) is 5.82 Å². The maximum absolute atomic E-state index is 4.85. The summed E-state index contributed by atoms with van der Waals surface area (Å²) in [4.78, 5) is 9.60. The van der Waals surface area contributed by atoms with Crippen LogP contribution < -0.4 is 5.32 Å². The van der Waals surface area contributed by atoms with Crippen molar-refractivity contribution in [1.82, 2.24) is 15.3 Å². The van der Waals surface area contributed by atoms with Gasteiger partial charge in [0.2, 0.25) is 0 Å². The number of nitrogens with one attached hydrogen (secondary N) is 1. The standard InChI is InChI=1S/C14H21N3/c1-2-4-13-16-12-7-8-15-9-11(12)14(17-13)10-5-3-6-10/h10,15H,2-9H2,1H3. The molecule has 0 saturated heterocycles. The highest BCUT2D eigenvalue weighted by atomic mass is 15.0. The first-order valence-electron chi connectivity index (χ1n) is 6.97. The Morgan fingerprint density at radius 1 is 1.29 bits per heavy atom. The molecule has 1 fully saturated rings. The van der Waals surface area contributed by atoms with Crippen molar-refractivity contribution in [3.05, 3.63) is 22.8 Å². The van der Waals surface area contributed by atoms with Gasteiger partial charge in [-0.1, -0.05) is 13.3 Å². The number of nitrogens with zero attached hydrogens (tertiary/aromatic N) is 2. The van der Waals surface area contributed by atoms with Gasteiger partial charge in [0.05, 0.1) is 11.4 Å². The minimum Gasteiger partial charge on any atom is -0.312 e. The average molecular weight is 231 g/mol. The summed E-state index contributed by atoms with van der Waals surface area (Å²) in [7, 11) is 0. The zero-order valence-corrected chi connectivity index (χ0v) is 10.6. The lowest BCUT2D eigenvalue weighted by atomic mass is 9.80. The van der Waals surface area contributed by atoms with Crippen LogP contribution in [0, 0.1) is 0 Å². The van der Waals surface area contributed by atoms with Crippen molar-refractivity contribution in [1.29, 1.82) is 0 Å². The zero-order valence-electron chi connectivity index (χ0n) is 10.6. The molecule has 3 nitrogen and oxygen atoms in total. The fourth-order valence-corrected chi connectivity index (χ4v) is 2.78. The molecule has 1 aromatic heterocycles. The Bertz CT molecular complexity index is 410. The van der Waals surface area contributed by atoms with Gasteiger partial charge in [-0.15, -0.1) is 0 Å². The lowest BCUT2D eigenvalue weighted by Gasteiger charge is -2.29. The van der Waals surface area contributed by atoms with Crippen LogP contribution in [0.5, 0.6) is 0 Å². The van der Waals surface area contributed by atoms with Crippen LogP contribution in [0.15, 0.2) is 0 Å². The van der Waals surface area contributed by atoms with Crippen LogP contribution in [0.2, 0.25) is 0 Å². The molecule has 0 bridgehead atoms. The predicted octanol–water partition coefficient (Wildman–Crippen LogP) is 2.34. The van der Waals surface area contributed by atoms with Crippen molar-refractivity contribution in [3.8, 4) is 0 Å². The van der Waals surface area contributed by atoms with Crippen LogP contribution in [-0.4, -0.2) is 16.5 Å². The Balaban J connectivity index is 2.00. The van der Waals surface area contributed by atoms with Gasteiger partial charge in [-0.25, -0.2) is 9.97 Å². The summed E-state index contributed by atoms with van der Waals surface area (Å²) in [5.41, 5.74) is 4.11. The highest BCUT2D eigenvalue weighted by Gasteiger charge is 2.27. The monoisotopic (exact) mass is 231 g/mol. The topological polar surface area (TPSA) is 37.8 Å². The van der Waals surface area contributed by atoms with E-state index in [1.165, 1.54) is 36.2 Å². The quantitative estimate of drug-likeness (QED) is 0.867. The summed E-state index contributed by atoms with van der Waals surface area (Å²) in [5, 5.41) is 3.46. The summed E-state index contributed by atoms with van der Waals surface area (Å²) in [6.45, 7) is 4.25. The molecule has 1 N–H and O–H groups in total. The molecule has 3 heteroatoms. The Kier molecular flexibility index (Phi) is 3.10. The number of aromatic nitrogens is 2. The number of fused-ring (bicyclic) bond motifs is 1. The second kappa shape index (κ2) is 4.73. The van der Waals surface area contributed by atoms with Gasteiger partial charge in [-0.2, -0.15) is 0 Å². The first-order valence-corrected chi connectivity index (χ1v) is 6.97. The van der Waals surface area contributed by atoms with Crippen LogP contribution in [0.1, 0.15) is 61.3 Å². The van der Waals surface area contributed by atoms with Gasteiger partial charge < -0.3 is 5.32 Å². The molecule has 3 rings (SSSR count). The van der Waals surface area contributed by atoms with Crippen molar-refractivity contribution in [2.45, 2.75) is 57.9 Å². The van der Waals surface area contributed by atoms with E-state index in [1.54, 1.807) is 0 Å². The molecule has 1 aromatic rings. The fraction of sp³-hybridized carbons (Fsp3) is 0.714. The molecule has 17 heavy (non-hydrogen) atoms. The van der Waals surface area contributed by atoms with Gasteiger partial charge >= 0.3 is 0 Å². The third-order valence-electron chi connectivity index (χ3n) is 3.98. The second-order valence-electron chi connectivity index (χ2n) is 5.25. The summed E-state index contributed by atoms with van der Waals surface area (Å²) in [6, 6.07) is 0. The molecule has 1 aliphatic heterocycles. The van der Waals surface area contributed by atoms with E-state index in [2.05, 4.69) is 12.2 Å². The van der Waals surface area contributed by atoms with E-state index in [-0.39, 0.29) is 0 Å². The lowest BCUT2D eigenvalue weighted by Crippen LogP contribution is -2.29. The lowest BCUT2D eigenvalue weighted by molar-refractivity contribution is 0.402. The van der Waals surface area contributed by atoms with E-state index in [9.17, 15) is 0 Å². The first kappa shape index (κ1) is 11.1. The predicted molar refractivity (Wildman–Crippen MR) is 68.0 cm³/mol. The van der Waals surface area contributed by atoms with E-state index in [4.69, 9.17) is 9.97 Å². The van der Waals surface area contributed by atoms with E-state index < -0.39 is 0 Å². The van der Waals surface area contributed by atoms with Gasteiger partial charge in [0.25, 0.3) is 0 Å². The fourth-order valence-electron chi connectivity index (χ4n) is 2.78. The SMILES string of the molecule is CCCc1nc2c(c(C3CCC3)n1)CNCC2. The van der Waals surface area contributed by atoms with Crippen molar-refractivity contribution in [2.75, 3.05) is 6.54 Å². The van der Waals surface area contributed by atoms with Crippen LogP contribution in [0.3, 0.4) is 0 Å². The summed E-state index contributed by atoms with van der Waals surface area (Å²) in [6.07, 6.45) is 7.28. The molecule has 0 aromatic carbocycles. The molecule has 0 radical (unpaired) electrons. The van der Waals surface area contributed by atoms with Crippen LogP contribution in [0.25, 0.3) is 0 Å². The number of aryl methyl sites for hydroxylation is 1. The Labute approximate surface area is 103 Å². The largest absolute Gasteiger partial charge is 0.312 e. The molecule has 2 aliphatic rings. The average Bonchev–Trinajstić information content (AvgIpc) is 2.27. The molecule has 92 valence electrons. The zero-order chi connectivity index (χ0) is 11.7. The Morgan fingerprint density at radius 3 is 2.88 bits per heavy atom. The summed E-state index contributed by atoms with van der Waals surface area (Å²) in [5.74, 6) is 1.80. The van der Waals surface area contributed by atoms with Crippen molar-refractivity contribution < 1.29 is 0 Å². The highest BCUT2D eigenvalue weighted by Crippen LogP contribution is 2.38. The molecule has 0 amide bonds. The van der Waals surface area contributed by atoms with Gasteiger partial charge in [-0.3, -0.25) is 0 Å². The second-order valence-corrected chi connectivity index (χ2v) is 5.25. The van der Waals surface area contributed by atoms with Crippen LogP contribution in [-0.2, 0) is 19.4 Å². The van der Waals surface area contributed by atoms with Gasteiger partial charge in [-0.05, 0) is 19.3 Å². The molecule has 0 unspecified atom stereocenters. The summed E-state index contributed by atoms with van der Waals surface area (Å²) < 4.78 is 0. The van der Waals surface area contributed by atoms with Crippen molar-refractivity contribution >= 4 is 0 Å². The number of hydrogen-bond acceptors (Lipinski definition) is 3. The third kappa shape index (κ3) is 2.08. The molecule has 1 aliphatic carbocycles. The van der Waals surface area contributed by atoms with E-state index >= 15 is 0 Å². The number of hydrogen-bond donors (Lipinski definition) is 1. The third-order valence-corrected chi connectivity index (χ3v) is 3.98. The molecule has 0 atom stereocenters. The van der Waals surface area contributed by atoms with Gasteiger partial charge in [0.15, 0.2) is 0 Å². The summed E-state index contributed by atoms with van der Waals surface area (Å²) >= 11 is 0. The maximum Gasteiger partial charge on any atom is 0.128 e. The van der Waals surface area contributed by atoms with Crippen LogP contribution in [0.4, 0.5) is 0 Å². The van der Waals surface area contributed by atoms with E-state index in [0.29, 0.717) is 0 Å². The van der Waals surface area contributed by atoms with Gasteiger partial charge in [0, 0.05) is 37.4 Å². The number of rotatable bonds is 3. The van der Waals surface area contributed by atoms with Crippen LogP contribution >= 0.6 is 0 Å². The smallest absolute Gasteiger partial charge is 0.128 e. The molecular weight excluding hydrogens is 210 g/mol. The van der Waals surface area contributed by atoms with E-state index in [1.807, 2.05) is 0 Å². The molecule has 2 heterocycles.